The molecule has 1 fully saturated rings. The molecule has 1 saturated heterocycles. The number of ether oxygens (including phenoxy) is 1. The van der Waals surface area contributed by atoms with E-state index >= 15 is 0 Å². The van der Waals surface area contributed by atoms with Crippen LogP contribution in [0.1, 0.15) is 30.2 Å². The molecule has 0 saturated carbocycles. The minimum atomic E-state index is 0.123. The van der Waals surface area contributed by atoms with Crippen molar-refractivity contribution in [2.24, 2.45) is 0 Å². The van der Waals surface area contributed by atoms with Crippen LogP contribution in [0.4, 0.5) is 0 Å². The van der Waals surface area contributed by atoms with Gasteiger partial charge in [0.15, 0.2) is 0 Å². The smallest absolute Gasteiger partial charge is 0.0991 e. The molecule has 0 aromatic heterocycles. The highest BCUT2D eigenvalue weighted by Gasteiger charge is 2.44. The van der Waals surface area contributed by atoms with Crippen molar-refractivity contribution >= 4 is 21.6 Å². The van der Waals surface area contributed by atoms with Gasteiger partial charge in [0.1, 0.15) is 0 Å². The molecule has 2 atom stereocenters. The Bertz CT molecular complexity index is 436. The van der Waals surface area contributed by atoms with E-state index < -0.39 is 0 Å². The first-order valence-electron chi connectivity index (χ1n) is 5.46. The van der Waals surface area contributed by atoms with Crippen LogP contribution in [-0.2, 0) is 4.74 Å². The van der Waals surface area contributed by atoms with E-state index in [4.69, 9.17) is 10.00 Å². The third-order valence-corrected chi connectivity index (χ3v) is 6.63. The summed E-state index contributed by atoms with van der Waals surface area (Å²) in [6.45, 7) is 4.42. The van der Waals surface area contributed by atoms with Crippen molar-refractivity contribution in [1.29, 1.82) is 5.26 Å². The monoisotopic (exact) mass is 265 g/mol. The maximum atomic E-state index is 8.79. The molecule has 1 heterocycles. The van der Waals surface area contributed by atoms with Crippen LogP contribution in [0.3, 0.4) is 0 Å². The molecule has 0 bridgehead atoms. The van der Waals surface area contributed by atoms with Crippen LogP contribution in [0.5, 0.6) is 0 Å². The summed E-state index contributed by atoms with van der Waals surface area (Å²) >= 11 is 0. The second-order valence-electron chi connectivity index (χ2n) is 4.59. The van der Waals surface area contributed by atoms with Crippen molar-refractivity contribution in [3.8, 4) is 6.07 Å². The second kappa shape index (κ2) is 4.93. The molecule has 0 N–H and O–H groups in total. The van der Waals surface area contributed by atoms with Gasteiger partial charge in [-0.1, -0.05) is 33.7 Å². The van der Waals surface area contributed by atoms with Crippen molar-refractivity contribution in [3.05, 3.63) is 35.4 Å². The first kappa shape index (κ1) is 12.8. The fourth-order valence-corrected chi connectivity index (χ4v) is 5.58. The Hall–Kier alpha value is -0.630. The predicted molar refractivity (Wildman–Crippen MR) is 74.0 cm³/mol. The van der Waals surface area contributed by atoms with E-state index in [0.717, 1.165) is 0 Å². The molecule has 1 aliphatic heterocycles. The Kier molecular flexibility index (Phi) is 3.72. The normalized spacial score (nSPS) is 26.7. The minimum absolute atomic E-state index is 0.123. The third-order valence-electron chi connectivity index (χ3n) is 2.95. The average molecular weight is 265 g/mol. The predicted octanol–water partition coefficient (Wildman–Crippen LogP) is 3.79. The van der Waals surface area contributed by atoms with Gasteiger partial charge in [0.2, 0.25) is 0 Å². The minimum Gasteiger partial charge on any atom is -0.378 e. The van der Waals surface area contributed by atoms with Gasteiger partial charge >= 0.3 is 0 Å². The van der Waals surface area contributed by atoms with E-state index in [1.54, 1.807) is 7.11 Å². The van der Waals surface area contributed by atoms with Crippen LogP contribution in [0.15, 0.2) is 24.3 Å². The van der Waals surface area contributed by atoms with Crippen molar-refractivity contribution < 1.29 is 4.74 Å². The molecular weight excluding hydrogens is 250 g/mol. The van der Waals surface area contributed by atoms with Gasteiger partial charge in [-0.3, -0.25) is 0 Å². The van der Waals surface area contributed by atoms with Crippen molar-refractivity contribution in [2.75, 3.05) is 7.11 Å². The van der Waals surface area contributed by atoms with Crippen LogP contribution in [0.2, 0.25) is 0 Å². The summed E-state index contributed by atoms with van der Waals surface area (Å²) in [6, 6.07) is 9.95. The largest absolute Gasteiger partial charge is 0.378 e. The van der Waals surface area contributed by atoms with Gasteiger partial charge in [0, 0.05) is 11.9 Å². The van der Waals surface area contributed by atoms with Gasteiger partial charge in [0.05, 0.1) is 23.0 Å². The highest BCUT2D eigenvalue weighted by atomic mass is 33.1. The molecule has 2 unspecified atom stereocenters. The molecule has 2 rings (SSSR count). The summed E-state index contributed by atoms with van der Waals surface area (Å²) in [5, 5.41) is 9.13. The number of nitriles is 1. The Morgan fingerprint density at radius 2 is 1.94 bits per heavy atom. The van der Waals surface area contributed by atoms with E-state index in [0.29, 0.717) is 10.8 Å². The molecule has 1 aromatic rings. The zero-order valence-corrected chi connectivity index (χ0v) is 11.8. The Morgan fingerprint density at radius 1 is 1.29 bits per heavy atom. The summed E-state index contributed by atoms with van der Waals surface area (Å²) in [4.78, 5) is 0. The number of hydrogen-bond donors (Lipinski definition) is 0. The van der Waals surface area contributed by atoms with Crippen molar-refractivity contribution in [1.82, 2.24) is 0 Å². The van der Waals surface area contributed by atoms with Crippen molar-refractivity contribution in [2.45, 2.75) is 29.9 Å². The first-order valence-corrected chi connectivity index (χ1v) is 7.67. The van der Waals surface area contributed by atoms with Gasteiger partial charge in [-0.2, -0.15) is 5.26 Å². The zero-order chi connectivity index (χ0) is 12.5. The molecule has 2 nitrogen and oxygen atoms in total. The van der Waals surface area contributed by atoms with Gasteiger partial charge in [-0.25, -0.2) is 0 Å². The van der Waals surface area contributed by atoms with E-state index in [1.165, 1.54) is 5.56 Å². The Morgan fingerprint density at radius 3 is 2.47 bits per heavy atom. The Balaban J connectivity index is 2.25. The molecule has 4 heteroatoms. The third kappa shape index (κ3) is 2.47. The molecule has 17 heavy (non-hydrogen) atoms. The number of methoxy groups -OCH3 is 1. The van der Waals surface area contributed by atoms with E-state index in [1.807, 2.05) is 45.9 Å². The molecule has 90 valence electrons. The highest BCUT2D eigenvalue weighted by Crippen LogP contribution is 2.58. The van der Waals surface area contributed by atoms with Crippen LogP contribution >= 0.6 is 21.6 Å². The summed E-state index contributed by atoms with van der Waals surface area (Å²) in [5.41, 5.74) is 1.94. The summed E-state index contributed by atoms with van der Waals surface area (Å²) in [7, 11) is 5.50. The lowest BCUT2D eigenvalue weighted by Gasteiger charge is -2.26. The van der Waals surface area contributed by atoms with Gasteiger partial charge in [-0.15, -0.1) is 0 Å². The lowest BCUT2D eigenvalue weighted by Crippen LogP contribution is -2.33. The molecule has 0 amide bonds. The molecule has 0 radical (unpaired) electrons. The number of nitrogens with zero attached hydrogens (tertiary/aromatic N) is 1. The molecule has 1 aromatic carbocycles. The molecular formula is C13H15NOS2. The average Bonchev–Trinajstić information content (AvgIpc) is 2.64. The zero-order valence-electron chi connectivity index (χ0n) is 10.1. The van der Waals surface area contributed by atoms with Crippen LogP contribution < -0.4 is 0 Å². The standard InChI is InChI=1S/C13H15NOS2/c1-13(2)12(15-3)11(16-17-13)10-6-4-9(8-14)5-7-10/h4-7,11-12H,1-3H3. The van der Waals surface area contributed by atoms with E-state index in [2.05, 4.69) is 19.9 Å². The van der Waals surface area contributed by atoms with Crippen LogP contribution in [0.25, 0.3) is 0 Å². The Labute approximate surface area is 110 Å². The SMILES string of the molecule is COC1C(c2ccc(C#N)cc2)SSC1(C)C. The first-order chi connectivity index (χ1) is 8.08. The number of rotatable bonds is 2. The van der Waals surface area contributed by atoms with Gasteiger partial charge < -0.3 is 4.74 Å². The molecule has 1 aliphatic rings. The summed E-state index contributed by atoms with van der Waals surface area (Å²) in [6.07, 6.45) is 0.199. The summed E-state index contributed by atoms with van der Waals surface area (Å²) < 4.78 is 5.77. The van der Waals surface area contributed by atoms with E-state index in [-0.39, 0.29) is 10.9 Å². The highest BCUT2D eigenvalue weighted by molar-refractivity contribution is 8.77. The molecule has 0 aliphatic carbocycles. The lowest BCUT2D eigenvalue weighted by molar-refractivity contribution is 0.0792. The lowest BCUT2D eigenvalue weighted by atomic mass is 9.97. The number of benzene rings is 1. The second-order valence-corrected chi connectivity index (χ2v) is 7.59. The van der Waals surface area contributed by atoms with Crippen LogP contribution in [-0.4, -0.2) is 18.0 Å². The fourth-order valence-electron chi connectivity index (χ4n) is 2.02. The van der Waals surface area contributed by atoms with Gasteiger partial charge in [-0.05, 0) is 31.5 Å². The maximum Gasteiger partial charge on any atom is 0.0991 e. The van der Waals surface area contributed by atoms with Crippen LogP contribution in [0, 0.1) is 11.3 Å². The fraction of sp³-hybridized carbons (Fsp3) is 0.462. The maximum absolute atomic E-state index is 8.79. The number of hydrogen-bond acceptors (Lipinski definition) is 4. The molecule has 0 spiro atoms. The van der Waals surface area contributed by atoms with Gasteiger partial charge in [0.25, 0.3) is 0 Å². The topological polar surface area (TPSA) is 33.0 Å². The van der Waals surface area contributed by atoms with E-state index in [9.17, 15) is 0 Å². The summed E-state index contributed by atoms with van der Waals surface area (Å²) in [5.74, 6) is 0. The van der Waals surface area contributed by atoms with Crippen molar-refractivity contribution in [3.63, 3.8) is 0 Å². The quantitative estimate of drug-likeness (QED) is 0.762.